The van der Waals surface area contributed by atoms with E-state index in [0.29, 0.717) is 5.92 Å². The van der Waals surface area contributed by atoms with Crippen LogP contribution < -0.4 is 17.0 Å². The lowest BCUT2D eigenvalue weighted by atomic mass is 9.77. The van der Waals surface area contributed by atoms with Gasteiger partial charge in [-0.25, -0.2) is 4.58 Å². The summed E-state index contributed by atoms with van der Waals surface area (Å²) in [6, 6.07) is 21.9. The Hall–Kier alpha value is -1.87. The maximum atomic E-state index is 2.67. The fourth-order valence-corrected chi connectivity index (χ4v) is 4.98. The molecule has 2 aromatic rings. The SMILES string of the molecule is CC1(C)C(Cc2ccccc2)C(N2CCCCC2)=CC=[N+]1CCc1ccccc1.[Br-]. The topological polar surface area (TPSA) is 6.25 Å². The summed E-state index contributed by atoms with van der Waals surface area (Å²) in [5.41, 5.74) is 4.50. The van der Waals surface area contributed by atoms with Crippen LogP contribution in [0.4, 0.5) is 0 Å². The van der Waals surface area contributed by atoms with Crippen LogP contribution in [0.3, 0.4) is 0 Å². The summed E-state index contributed by atoms with van der Waals surface area (Å²) < 4.78 is 2.58. The molecule has 1 fully saturated rings. The van der Waals surface area contributed by atoms with E-state index in [-0.39, 0.29) is 22.5 Å². The van der Waals surface area contributed by atoms with Crippen LogP contribution in [0.25, 0.3) is 0 Å². The van der Waals surface area contributed by atoms with Gasteiger partial charge in [0.05, 0.1) is 5.92 Å². The van der Waals surface area contributed by atoms with Gasteiger partial charge in [-0.1, -0.05) is 60.7 Å². The number of benzene rings is 2. The highest BCUT2D eigenvalue weighted by molar-refractivity contribution is 5.69. The Morgan fingerprint density at radius 3 is 2.10 bits per heavy atom. The molecule has 30 heavy (non-hydrogen) atoms. The van der Waals surface area contributed by atoms with E-state index in [1.165, 1.54) is 43.5 Å². The predicted molar refractivity (Wildman–Crippen MR) is 123 cm³/mol. The van der Waals surface area contributed by atoms with Crippen molar-refractivity contribution < 1.29 is 21.6 Å². The molecule has 2 aliphatic rings. The van der Waals surface area contributed by atoms with Crippen LogP contribution >= 0.6 is 0 Å². The molecule has 2 nitrogen and oxygen atoms in total. The van der Waals surface area contributed by atoms with Gasteiger partial charge in [0.1, 0.15) is 6.54 Å². The maximum Gasteiger partial charge on any atom is 0.165 e. The summed E-state index contributed by atoms with van der Waals surface area (Å²) in [6.45, 7) is 8.38. The largest absolute Gasteiger partial charge is 1.00 e. The van der Waals surface area contributed by atoms with E-state index in [0.717, 1.165) is 19.4 Å². The Labute approximate surface area is 193 Å². The van der Waals surface area contributed by atoms with Gasteiger partial charge in [-0.3, -0.25) is 0 Å². The minimum absolute atomic E-state index is 0. The summed E-state index contributed by atoms with van der Waals surface area (Å²) >= 11 is 0. The highest BCUT2D eigenvalue weighted by Gasteiger charge is 2.45. The normalized spacial score (nSPS) is 20.7. The van der Waals surface area contributed by atoms with Gasteiger partial charge >= 0.3 is 0 Å². The third-order valence-corrected chi connectivity index (χ3v) is 6.86. The highest BCUT2D eigenvalue weighted by Crippen LogP contribution is 2.36. The van der Waals surface area contributed by atoms with Gasteiger partial charge in [-0.15, -0.1) is 0 Å². The van der Waals surface area contributed by atoms with E-state index in [1.54, 1.807) is 5.70 Å². The molecule has 1 atom stereocenters. The van der Waals surface area contributed by atoms with Crippen LogP contribution in [0.2, 0.25) is 0 Å². The fraction of sp³-hybridized carbons (Fsp3) is 0.444. The highest BCUT2D eigenvalue weighted by atomic mass is 79.9. The Balaban J connectivity index is 0.00000256. The zero-order chi connectivity index (χ0) is 20.1. The van der Waals surface area contributed by atoms with E-state index >= 15 is 0 Å². The lowest BCUT2D eigenvalue weighted by Gasteiger charge is -2.42. The Morgan fingerprint density at radius 1 is 0.867 bits per heavy atom. The fourth-order valence-electron chi connectivity index (χ4n) is 4.98. The van der Waals surface area contributed by atoms with Crippen molar-refractivity contribution in [1.29, 1.82) is 0 Å². The van der Waals surface area contributed by atoms with E-state index in [2.05, 4.69) is 96.3 Å². The second-order valence-corrected chi connectivity index (χ2v) is 9.11. The summed E-state index contributed by atoms with van der Waals surface area (Å²) in [7, 11) is 0. The lowest BCUT2D eigenvalue weighted by molar-refractivity contribution is -0.606. The summed E-state index contributed by atoms with van der Waals surface area (Å²) in [5, 5.41) is 0. The molecule has 2 heterocycles. The zero-order valence-corrected chi connectivity index (χ0v) is 20.0. The first-order valence-corrected chi connectivity index (χ1v) is 11.3. The van der Waals surface area contributed by atoms with Crippen molar-refractivity contribution in [3.8, 4) is 0 Å². The van der Waals surface area contributed by atoms with Crippen LogP contribution in [0.15, 0.2) is 72.4 Å². The van der Waals surface area contributed by atoms with Gasteiger partial charge in [-0.2, -0.15) is 0 Å². The molecule has 0 aromatic heterocycles. The van der Waals surface area contributed by atoms with Gasteiger partial charge in [0.25, 0.3) is 0 Å². The summed E-state index contributed by atoms with van der Waals surface area (Å²) in [6.07, 6.45) is 11.0. The van der Waals surface area contributed by atoms with Crippen molar-refractivity contribution in [3.05, 3.63) is 83.6 Å². The standard InChI is InChI=1S/C27H35N2.BrH/c1-27(2)25(22-24-14-8-4-9-15-24)26(28-18-10-5-11-19-28)17-21-29(27)20-16-23-12-6-3-7-13-23;/h3-4,6-9,12-15,17,21,25H,5,10-11,16,18-20,22H2,1-2H3;1H/q+1;/p-1. The van der Waals surface area contributed by atoms with Gasteiger partial charge in [-0.05, 0) is 36.8 Å². The van der Waals surface area contributed by atoms with E-state index in [9.17, 15) is 0 Å². The second kappa shape index (κ2) is 10.4. The van der Waals surface area contributed by atoms with Crippen LogP contribution in [-0.2, 0) is 12.8 Å². The van der Waals surface area contributed by atoms with Crippen LogP contribution in [-0.4, -0.2) is 40.9 Å². The minimum atomic E-state index is 0. The van der Waals surface area contributed by atoms with Crippen molar-refractivity contribution in [2.75, 3.05) is 19.6 Å². The van der Waals surface area contributed by atoms with Crippen molar-refractivity contribution in [2.24, 2.45) is 5.92 Å². The van der Waals surface area contributed by atoms with Gasteiger partial charge in [0, 0.05) is 45.1 Å². The number of hydrogen-bond donors (Lipinski definition) is 0. The smallest absolute Gasteiger partial charge is 0.165 e. The first kappa shape index (κ1) is 22.8. The molecule has 4 rings (SSSR count). The maximum absolute atomic E-state index is 2.67. The molecule has 2 aromatic carbocycles. The summed E-state index contributed by atoms with van der Waals surface area (Å²) in [5.74, 6) is 0.503. The number of allylic oxidation sites excluding steroid dienone is 1. The zero-order valence-electron chi connectivity index (χ0n) is 18.4. The molecule has 0 N–H and O–H groups in total. The van der Waals surface area contributed by atoms with Gasteiger partial charge in [0.2, 0.25) is 0 Å². The molecule has 2 aliphatic heterocycles. The van der Waals surface area contributed by atoms with Crippen LogP contribution in [0, 0.1) is 5.92 Å². The number of hydrogen-bond acceptors (Lipinski definition) is 1. The van der Waals surface area contributed by atoms with E-state index < -0.39 is 0 Å². The van der Waals surface area contributed by atoms with Crippen molar-refractivity contribution >= 4 is 6.21 Å². The quantitative estimate of drug-likeness (QED) is 0.592. The molecule has 0 spiro atoms. The van der Waals surface area contributed by atoms with Crippen molar-refractivity contribution in [1.82, 2.24) is 4.90 Å². The van der Waals surface area contributed by atoms with Crippen LogP contribution in [0.1, 0.15) is 44.2 Å². The molecule has 1 saturated heterocycles. The third kappa shape index (κ3) is 5.24. The number of likely N-dealkylation sites (tertiary alicyclic amines) is 1. The van der Waals surface area contributed by atoms with E-state index in [1.807, 2.05) is 0 Å². The van der Waals surface area contributed by atoms with Crippen molar-refractivity contribution in [3.63, 3.8) is 0 Å². The first-order valence-electron chi connectivity index (χ1n) is 11.3. The minimum Gasteiger partial charge on any atom is -1.00 e. The first-order chi connectivity index (χ1) is 14.1. The second-order valence-electron chi connectivity index (χ2n) is 9.11. The monoisotopic (exact) mass is 466 g/mol. The molecule has 3 heteroatoms. The molecular formula is C27H35BrN2. The Morgan fingerprint density at radius 2 is 1.47 bits per heavy atom. The third-order valence-electron chi connectivity index (χ3n) is 6.86. The molecule has 0 saturated carbocycles. The lowest BCUT2D eigenvalue weighted by Crippen LogP contribution is -3.00. The molecule has 0 radical (unpaired) electrons. The molecule has 0 bridgehead atoms. The number of nitrogens with zero attached hydrogens (tertiary/aromatic N) is 2. The average Bonchev–Trinajstić information content (AvgIpc) is 2.76. The van der Waals surface area contributed by atoms with E-state index in [4.69, 9.17) is 0 Å². The predicted octanol–water partition coefficient (Wildman–Crippen LogP) is 2.34. The molecule has 160 valence electrons. The molecule has 0 amide bonds. The average molecular weight is 467 g/mol. The molecular weight excluding hydrogens is 432 g/mol. The van der Waals surface area contributed by atoms with Gasteiger partial charge in [0.15, 0.2) is 11.8 Å². The number of rotatable bonds is 6. The Kier molecular flexibility index (Phi) is 7.93. The van der Waals surface area contributed by atoms with Crippen molar-refractivity contribution in [2.45, 2.75) is 51.5 Å². The Bertz CT molecular complexity index is 849. The molecule has 0 aliphatic carbocycles. The van der Waals surface area contributed by atoms with Gasteiger partial charge < -0.3 is 21.9 Å². The molecule has 1 unspecified atom stereocenters. The number of halogens is 1. The summed E-state index contributed by atoms with van der Waals surface area (Å²) in [4.78, 5) is 2.67. The number of piperidine rings is 1. The van der Waals surface area contributed by atoms with Crippen LogP contribution in [0.5, 0.6) is 0 Å².